The number of carbonyl (C=O) groups excluding carboxylic acids is 1. The molecular weight excluding hydrogens is 167 g/mol. The van der Waals surface area contributed by atoms with Crippen LogP contribution in [0.3, 0.4) is 0 Å². The number of rotatable bonds is 2. The molecule has 0 aliphatic rings. The second-order valence-electron chi connectivity index (χ2n) is 1.31. The first-order valence-corrected chi connectivity index (χ1v) is 2.36. The fourth-order valence-corrected chi connectivity index (χ4v) is 0.174. The van der Waals surface area contributed by atoms with Crippen molar-refractivity contribution in [1.29, 1.82) is 0 Å². The van der Waals surface area contributed by atoms with Crippen molar-refractivity contribution in [2.24, 2.45) is 0 Å². The monoisotopic (exact) mass is 172 g/mol. The molecule has 0 spiro atoms. The van der Waals surface area contributed by atoms with Gasteiger partial charge in [-0.25, -0.2) is 0 Å². The van der Waals surface area contributed by atoms with Crippen molar-refractivity contribution in [2.75, 3.05) is 0 Å². The number of carboxylic acid groups (broad SMARTS) is 1. The summed E-state index contributed by atoms with van der Waals surface area (Å²) in [6, 6.07) is 0. The van der Waals surface area contributed by atoms with E-state index in [0.29, 0.717) is 0 Å². The van der Waals surface area contributed by atoms with Crippen LogP contribution in [0, 0.1) is 0 Å². The number of hydrogen-bond acceptors (Lipinski definition) is 2. The van der Waals surface area contributed by atoms with E-state index in [1.54, 1.807) is 0 Å². The highest BCUT2D eigenvalue weighted by atomic mass is 35.5. The Morgan fingerprint density at radius 1 is 1.56 bits per heavy atom. The Balaban J connectivity index is 0. The molecule has 3 nitrogen and oxygen atoms in total. The normalized spacial score (nSPS) is 11.3. The lowest BCUT2D eigenvalue weighted by atomic mass is 10.3. The highest BCUT2D eigenvalue weighted by Gasteiger charge is 2.17. The molecule has 0 aliphatic carbocycles. The van der Waals surface area contributed by atoms with Crippen LogP contribution in [-0.4, -0.2) is 22.2 Å². The predicted molar refractivity (Wildman–Crippen MR) is 35.2 cm³/mol. The Kier molecular flexibility index (Phi) is 5.86. The van der Waals surface area contributed by atoms with Gasteiger partial charge in [0.1, 0.15) is 0 Å². The molecule has 5 heteroatoms. The van der Waals surface area contributed by atoms with Crippen molar-refractivity contribution in [2.45, 2.75) is 12.3 Å². The minimum atomic E-state index is -1.38. The molecule has 1 atom stereocenters. The van der Waals surface area contributed by atoms with Gasteiger partial charge in [0.25, 0.3) is 0 Å². The molecule has 0 radical (unpaired) electrons. The topological polar surface area (TPSA) is 54.4 Å². The van der Waals surface area contributed by atoms with Gasteiger partial charge in [-0.1, -0.05) is 0 Å². The Morgan fingerprint density at radius 3 is 1.89 bits per heavy atom. The molecule has 1 N–H and O–H groups in total. The van der Waals surface area contributed by atoms with Crippen molar-refractivity contribution >= 4 is 35.8 Å². The van der Waals surface area contributed by atoms with E-state index in [-0.39, 0.29) is 12.4 Å². The molecule has 0 aromatic carbocycles. The van der Waals surface area contributed by atoms with Crippen LogP contribution in [-0.2, 0) is 9.59 Å². The highest BCUT2D eigenvalue weighted by Crippen LogP contribution is 1.95. The van der Waals surface area contributed by atoms with Gasteiger partial charge in [-0.2, -0.15) is 0 Å². The number of ketones is 1. The summed E-state index contributed by atoms with van der Waals surface area (Å²) in [7, 11) is 0. The zero-order valence-electron chi connectivity index (χ0n) is 4.63. The van der Waals surface area contributed by atoms with Crippen molar-refractivity contribution < 1.29 is 14.7 Å². The van der Waals surface area contributed by atoms with Gasteiger partial charge in [0, 0.05) is 0 Å². The van der Waals surface area contributed by atoms with Gasteiger partial charge in [-0.3, -0.25) is 9.59 Å². The lowest BCUT2D eigenvalue weighted by Gasteiger charge is -1.93. The fraction of sp³-hybridized carbons (Fsp3) is 0.500. The molecule has 0 aromatic rings. The molecule has 0 rings (SSSR count). The fourth-order valence-electron chi connectivity index (χ4n) is 0.174. The molecule has 1 unspecified atom stereocenters. The number of hydrogen-bond donors (Lipinski definition) is 1. The molecule has 0 aromatic heterocycles. The zero-order chi connectivity index (χ0) is 6.73. The van der Waals surface area contributed by atoms with E-state index in [4.69, 9.17) is 16.7 Å². The first kappa shape index (κ1) is 11.5. The number of halogens is 2. The molecule has 54 valence electrons. The molecule has 0 aliphatic heterocycles. The Labute approximate surface area is 63.4 Å². The largest absolute Gasteiger partial charge is 0.480 e. The van der Waals surface area contributed by atoms with E-state index < -0.39 is 17.1 Å². The Bertz CT molecular complexity index is 109. The summed E-state index contributed by atoms with van der Waals surface area (Å²) in [4.78, 5) is 19.9. The summed E-state index contributed by atoms with van der Waals surface area (Å²) in [5.74, 6) is -1.83. The standard InChI is InChI=1S/C4H5ClO3.ClH/c1-2(6)3(5)4(7)8;/h3H,1H3,(H,7,8);1H. The molecular formula is C4H6Cl2O3. The van der Waals surface area contributed by atoms with Crippen molar-refractivity contribution in [3.05, 3.63) is 0 Å². The van der Waals surface area contributed by atoms with Crippen LogP contribution < -0.4 is 0 Å². The van der Waals surface area contributed by atoms with Crippen LogP contribution in [0.2, 0.25) is 0 Å². The summed E-state index contributed by atoms with van der Waals surface area (Å²) in [5, 5.41) is 6.62. The summed E-state index contributed by atoms with van der Waals surface area (Å²) in [5.41, 5.74) is 0. The molecule has 0 heterocycles. The molecule has 0 saturated carbocycles. The lowest BCUT2D eigenvalue weighted by Crippen LogP contribution is -2.20. The Morgan fingerprint density at radius 2 is 1.89 bits per heavy atom. The summed E-state index contributed by atoms with van der Waals surface area (Å²) in [6.45, 7) is 1.13. The minimum Gasteiger partial charge on any atom is -0.480 e. The number of aliphatic carboxylic acids is 1. The quantitative estimate of drug-likeness (QED) is 0.493. The minimum absolute atomic E-state index is 0. The molecule has 0 amide bonds. The van der Waals surface area contributed by atoms with Crippen molar-refractivity contribution in [1.82, 2.24) is 0 Å². The first-order valence-electron chi connectivity index (χ1n) is 1.93. The molecule has 0 saturated heterocycles. The molecule has 0 fully saturated rings. The summed E-state index contributed by atoms with van der Waals surface area (Å²) < 4.78 is 0. The number of carbonyl (C=O) groups is 2. The average Bonchev–Trinajstić information content (AvgIpc) is 1.64. The molecule has 9 heavy (non-hydrogen) atoms. The average molecular weight is 173 g/mol. The van der Waals surface area contributed by atoms with Gasteiger partial charge < -0.3 is 5.11 Å². The smallest absolute Gasteiger partial charge is 0.329 e. The van der Waals surface area contributed by atoms with Crippen LogP contribution >= 0.6 is 24.0 Å². The predicted octanol–water partition coefficient (Wildman–Crippen LogP) is 0.689. The van der Waals surface area contributed by atoms with Gasteiger partial charge in [0.15, 0.2) is 11.2 Å². The maximum atomic E-state index is 10.1. The van der Waals surface area contributed by atoms with E-state index >= 15 is 0 Å². The molecule has 0 bridgehead atoms. The Hall–Kier alpha value is -0.280. The van der Waals surface area contributed by atoms with Gasteiger partial charge >= 0.3 is 5.97 Å². The van der Waals surface area contributed by atoms with Crippen LogP contribution in [0.1, 0.15) is 6.92 Å². The third kappa shape index (κ3) is 4.24. The van der Waals surface area contributed by atoms with Crippen LogP contribution in [0.4, 0.5) is 0 Å². The maximum absolute atomic E-state index is 10.1. The highest BCUT2D eigenvalue weighted by molar-refractivity contribution is 6.40. The van der Waals surface area contributed by atoms with E-state index in [2.05, 4.69) is 0 Å². The number of Topliss-reactive ketones (excluding diaryl/α,β-unsaturated/α-hetero) is 1. The van der Waals surface area contributed by atoms with E-state index in [9.17, 15) is 9.59 Å². The van der Waals surface area contributed by atoms with E-state index in [1.807, 2.05) is 0 Å². The van der Waals surface area contributed by atoms with Gasteiger partial charge in [0.05, 0.1) is 0 Å². The maximum Gasteiger partial charge on any atom is 0.329 e. The van der Waals surface area contributed by atoms with Crippen LogP contribution in [0.15, 0.2) is 0 Å². The zero-order valence-corrected chi connectivity index (χ0v) is 6.20. The van der Waals surface area contributed by atoms with E-state index in [1.165, 1.54) is 0 Å². The summed E-state index contributed by atoms with van der Waals surface area (Å²) >= 11 is 5.00. The van der Waals surface area contributed by atoms with Crippen molar-refractivity contribution in [3.63, 3.8) is 0 Å². The first-order chi connectivity index (χ1) is 3.55. The number of carboxylic acids is 1. The van der Waals surface area contributed by atoms with Crippen molar-refractivity contribution in [3.8, 4) is 0 Å². The lowest BCUT2D eigenvalue weighted by molar-refractivity contribution is -0.139. The van der Waals surface area contributed by atoms with Gasteiger partial charge in [-0.15, -0.1) is 24.0 Å². The second-order valence-corrected chi connectivity index (χ2v) is 1.75. The van der Waals surface area contributed by atoms with Gasteiger partial charge in [0.2, 0.25) is 0 Å². The number of alkyl halides is 1. The van der Waals surface area contributed by atoms with Crippen LogP contribution in [0.5, 0.6) is 0 Å². The van der Waals surface area contributed by atoms with Crippen LogP contribution in [0.25, 0.3) is 0 Å². The van der Waals surface area contributed by atoms with Gasteiger partial charge in [-0.05, 0) is 6.92 Å². The SMILES string of the molecule is CC(=O)C(Cl)C(=O)O.Cl. The van der Waals surface area contributed by atoms with E-state index in [0.717, 1.165) is 6.92 Å². The third-order valence-electron chi connectivity index (χ3n) is 0.574. The second kappa shape index (κ2) is 4.58. The third-order valence-corrected chi connectivity index (χ3v) is 1.07. The summed E-state index contributed by atoms with van der Waals surface area (Å²) in [6.07, 6.45) is 0.